The number of anilines is 2. The minimum absolute atomic E-state index is 0.148. The van der Waals surface area contributed by atoms with Gasteiger partial charge in [0.15, 0.2) is 0 Å². The molecule has 0 unspecified atom stereocenters. The zero-order valence-corrected chi connectivity index (χ0v) is 16.3. The number of hydrogen-bond donors (Lipinski definition) is 1. The summed E-state index contributed by atoms with van der Waals surface area (Å²) in [5.74, 6) is -0.664. The van der Waals surface area contributed by atoms with Gasteiger partial charge in [-0.05, 0) is 55.5 Å². The molecular weight excluding hydrogens is 376 g/mol. The minimum Gasteiger partial charge on any atom is -0.321 e. The number of nitrogens with one attached hydrogen (secondary N) is 1. The second-order valence-corrected chi connectivity index (χ2v) is 8.03. The van der Waals surface area contributed by atoms with Crippen LogP contribution in [0.5, 0.6) is 0 Å². The Hall–Kier alpha value is -2.66. The number of hydrogen-bond acceptors (Lipinski definition) is 3. The molecule has 3 amide bonds. The molecule has 0 spiro atoms. The van der Waals surface area contributed by atoms with Crippen molar-refractivity contribution in [2.75, 3.05) is 10.2 Å². The summed E-state index contributed by atoms with van der Waals surface area (Å²) in [6.07, 6.45) is 2.46. The Morgan fingerprint density at radius 3 is 2.57 bits per heavy atom. The molecule has 144 valence electrons. The first-order chi connectivity index (χ1) is 13.5. The van der Waals surface area contributed by atoms with Crippen molar-refractivity contribution in [3.05, 3.63) is 59.1 Å². The van der Waals surface area contributed by atoms with E-state index in [0.717, 1.165) is 19.3 Å². The molecule has 28 heavy (non-hydrogen) atoms. The highest BCUT2D eigenvalue weighted by Gasteiger charge is 2.50. The fraction of sp³-hybridized carbons (Fsp3) is 0.318. The van der Waals surface area contributed by atoms with E-state index in [1.807, 2.05) is 0 Å². The molecule has 1 saturated carbocycles. The Morgan fingerprint density at radius 2 is 1.79 bits per heavy atom. The van der Waals surface area contributed by atoms with Gasteiger partial charge in [0, 0.05) is 5.56 Å². The van der Waals surface area contributed by atoms with Crippen molar-refractivity contribution in [2.45, 2.75) is 26.2 Å². The Morgan fingerprint density at radius 1 is 1.04 bits per heavy atom. The van der Waals surface area contributed by atoms with Crippen molar-refractivity contribution in [3.63, 3.8) is 0 Å². The zero-order valence-electron chi connectivity index (χ0n) is 15.5. The molecule has 2 aromatic rings. The highest BCUT2D eigenvalue weighted by Crippen LogP contribution is 2.42. The highest BCUT2D eigenvalue weighted by atomic mass is 35.5. The van der Waals surface area contributed by atoms with Gasteiger partial charge in [-0.2, -0.15) is 0 Å². The predicted octanol–water partition coefficient (Wildman–Crippen LogP) is 4.52. The molecule has 2 aliphatic rings. The van der Waals surface area contributed by atoms with E-state index >= 15 is 0 Å². The number of amides is 3. The van der Waals surface area contributed by atoms with Crippen LogP contribution in [-0.2, 0) is 9.59 Å². The second-order valence-electron chi connectivity index (χ2n) is 7.63. The van der Waals surface area contributed by atoms with Crippen LogP contribution in [-0.4, -0.2) is 17.7 Å². The van der Waals surface area contributed by atoms with Crippen LogP contribution in [0.4, 0.5) is 11.4 Å². The molecule has 1 heterocycles. The van der Waals surface area contributed by atoms with Crippen LogP contribution >= 0.6 is 11.6 Å². The molecule has 4 rings (SSSR count). The van der Waals surface area contributed by atoms with Gasteiger partial charge in [0.25, 0.3) is 5.91 Å². The topological polar surface area (TPSA) is 66.5 Å². The summed E-state index contributed by atoms with van der Waals surface area (Å²) in [7, 11) is 0. The van der Waals surface area contributed by atoms with Crippen LogP contribution in [0.15, 0.2) is 48.5 Å². The lowest BCUT2D eigenvalue weighted by Crippen LogP contribution is -2.31. The first kappa shape index (κ1) is 18.7. The molecule has 1 N–H and O–H groups in total. The summed E-state index contributed by atoms with van der Waals surface area (Å²) >= 11 is 6.10. The number of benzene rings is 2. The van der Waals surface area contributed by atoms with Gasteiger partial charge in [0.2, 0.25) is 11.8 Å². The monoisotopic (exact) mass is 396 g/mol. The number of nitrogens with zero attached hydrogens (tertiary/aromatic N) is 1. The number of imide groups is 1. The third-order valence-corrected chi connectivity index (χ3v) is 6.01. The summed E-state index contributed by atoms with van der Waals surface area (Å²) < 4.78 is 0. The summed E-state index contributed by atoms with van der Waals surface area (Å²) in [5.41, 5.74) is 1.32. The molecule has 1 saturated heterocycles. The molecule has 1 aliphatic carbocycles. The van der Waals surface area contributed by atoms with Gasteiger partial charge >= 0.3 is 0 Å². The normalized spacial score (nSPS) is 24.2. The summed E-state index contributed by atoms with van der Waals surface area (Å²) in [6, 6.07) is 13.6. The quantitative estimate of drug-likeness (QED) is 0.776. The van der Waals surface area contributed by atoms with E-state index < -0.39 is 0 Å². The SMILES string of the molecule is C[C@H]1CC[C@H]2C(=O)N(c3cccc(C(=O)Nc4ccccc4Cl)c3)C(=O)[C@@H]2C1. The summed E-state index contributed by atoms with van der Waals surface area (Å²) in [5, 5.41) is 3.20. The summed E-state index contributed by atoms with van der Waals surface area (Å²) in [4.78, 5) is 39.7. The minimum atomic E-state index is -0.347. The highest BCUT2D eigenvalue weighted by molar-refractivity contribution is 6.34. The number of carbonyl (C=O) groups excluding carboxylic acids is 3. The molecule has 2 fully saturated rings. The predicted molar refractivity (Wildman–Crippen MR) is 108 cm³/mol. The smallest absolute Gasteiger partial charge is 0.255 e. The third-order valence-electron chi connectivity index (χ3n) is 5.68. The van der Waals surface area contributed by atoms with Crippen LogP contribution in [0.25, 0.3) is 0 Å². The average Bonchev–Trinajstić information content (AvgIpc) is 2.93. The Balaban J connectivity index is 1.59. The van der Waals surface area contributed by atoms with E-state index in [4.69, 9.17) is 11.6 Å². The first-order valence-corrected chi connectivity index (χ1v) is 9.87. The van der Waals surface area contributed by atoms with Gasteiger partial charge in [-0.25, -0.2) is 0 Å². The molecule has 3 atom stereocenters. The second kappa shape index (κ2) is 7.40. The Kier molecular flexibility index (Phi) is 4.94. The molecule has 6 heteroatoms. The largest absolute Gasteiger partial charge is 0.321 e. The number of halogens is 1. The maximum absolute atomic E-state index is 12.9. The number of rotatable bonds is 3. The molecule has 2 aromatic carbocycles. The zero-order chi connectivity index (χ0) is 19.8. The fourth-order valence-corrected chi connectivity index (χ4v) is 4.37. The van der Waals surface area contributed by atoms with E-state index in [2.05, 4.69) is 12.2 Å². The molecule has 0 aromatic heterocycles. The fourth-order valence-electron chi connectivity index (χ4n) is 4.19. The van der Waals surface area contributed by atoms with Crippen molar-refractivity contribution >= 4 is 40.7 Å². The molecule has 0 radical (unpaired) electrons. The van der Waals surface area contributed by atoms with Crippen LogP contribution < -0.4 is 10.2 Å². The van der Waals surface area contributed by atoms with E-state index in [-0.39, 0.29) is 29.6 Å². The van der Waals surface area contributed by atoms with Gasteiger partial charge in [-0.3, -0.25) is 19.3 Å². The third kappa shape index (κ3) is 3.31. The molecule has 1 aliphatic heterocycles. The Bertz CT molecular complexity index is 958. The van der Waals surface area contributed by atoms with Crippen LogP contribution in [0.3, 0.4) is 0 Å². The number of fused-ring (bicyclic) bond motifs is 1. The maximum Gasteiger partial charge on any atom is 0.255 e. The van der Waals surface area contributed by atoms with Gasteiger partial charge in [-0.1, -0.05) is 36.7 Å². The van der Waals surface area contributed by atoms with E-state index in [1.165, 1.54) is 4.90 Å². The lowest BCUT2D eigenvalue weighted by molar-refractivity contribution is -0.122. The Labute approximate surface area is 168 Å². The van der Waals surface area contributed by atoms with E-state index in [0.29, 0.717) is 27.9 Å². The van der Waals surface area contributed by atoms with E-state index in [1.54, 1.807) is 48.5 Å². The van der Waals surface area contributed by atoms with Gasteiger partial charge in [0.1, 0.15) is 0 Å². The van der Waals surface area contributed by atoms with Crippen molar-refractivity contribution in [1.82, 2.24) is 0 Å². The van der Waals surface area contributed by atoms with E-state index in [9.17, 15) is 14.4 Å². The average molecular weight is 397 g/mol. The lowest BCUT2D eigenvalue weighted by atomic mass is 9.76. The maximum atomic E-state index is 12.9. The van der Waals surface area contributed by atoms with Gasteiger partial charge < -0.3 is 5.32 Å². The van der Waals surface area contributed by atoms with Crippen molar-refractivity contribution in [3.8, 4) is 0 Å². The van der Waals surface area contributed by atoms with Crippen molar-refractivity contribution < 1.29 is 14.4 Å². The van der Waals surface area contributed by atoms with Crippen molar-refractivity contribution in [1.29, 1.82) is 0 Å². The van der Waals surface area contributed by atoms with Gasteiger partial charge in [0.05, 0.1) is 28.2 Å². The number of para-hydroxylation sites is 1. The molecular formula is C22H21ClN2O3. The standard InChI is InChI=1S/C22H21ClN2O3/c1-13-9-10-16-17(11-13)22(28)25(21(16)27)15-6-4-5-14(12-15)20(26)24-19-8-3-2-7-18(19)23/h2-8,12-13,16-17H,9-11H2,1H3,(H,24,26)/t13-,16+,17+/m0/s1. The number of carbonyl (C=O) groups is 3. The molecule has 0 bridgehead atoms. The van der Waals surface area contributed by atoms with Crippen LogP contribution in [0, 0.1) is 17.8 Å². The first-order valence-electron chi connectivity index (χ1n) is 9.49. The van der Waals surface area contributed by atoms with Gasteiger partial charge in [-0.15, -0.1) is 0 Å². The lowest BCUT2D eigenvalue weighted by Gasteiger charge is -2.25. The summed E-state index contributed by atoms with van der Waals surface area (Å²) in [6.45, 7) is 2.12. The van der Waals surface area contributed by atoms with Crippen LogP contribution in [0.2, 0.25) is 5.02 Å². The molecule has 5 nitrogen and oxygen atoms in total. The van der Waals surface area contributed by atoms with Crippen LogP contribution in [0.1, 0.15) is 36.5 Å². The van der Waals surface area contributed by atoms with Crippen molar-refractivity contribution in [2.24, 2.45) is 17.8 Å².